The molecule has 9 heteroatoms. The number of urea groups is 1. The molecule has 0 fully saturated rings. The molecule has 0 aliphatic heterocycles. The van der Waals surface area contributed by atoms with Gasteiger partial charge in [-0.25, -0.2) is 14.6 Å². The number of hydrogen-bond acceptors (Lipinski definition) is 5. The molecular formula is C11H13N5O3S. The molecule has 0 aromatic carbocycles. The molecule has 0 unspecified atom stereocenters. The molecule has 3 N–H and O–H groups in total. The maximum Gasteiger partial charge on any atom is 0.355 e. The van der Waals surface area contributed by atoms with Gasteiger partial charge in [-0.1, -0.05) is 0 Å². The quantitative estimate of drug-likeness (QED) is 0.747. The van der Waals surface area contributed by atoms with E-state index in [0.29, 0.717) is 11.6 Å². The SMILES string of the molecule is Cn1cc(CNC(=O)NCc2nc(C(=O)O)cs2)cn1. The second kappa shape index (κ2) is 6.15. The Kier molecular flexibility index (Phi) is 4.31. The van der Waals surface area contributed by atoms with E-state index < -0.39 is 5.97 Å². The highest BCUT2D eigenvalue weighted by Gasteiger charge is 2.09. The number of carbonyl (C=O) groups excluding carboxylic acids is 1. The number of rotatable bonds is 5. The summed E-state index contributed by atoms with van der Waals surface area (Å²) in [7, 11) is 1.80. The lowest BCUT2D eigenvalue weighted by Gasteiger charge is -2.04. The Morgan fingerprint density at radius 3 is 2.75 bits per heavy atom. The normalized spacial score (nSPS) is 10.2. The van der Waals surface area contributed by atoms with Crippen LogP contribution in [0.1, 0.15) is 21.1 Å². The highest BCUT2D eigenvalue weighted by Crippen LogP contribution is 2.09. The average Bonchev–Trinajstić information content (AvgIpc) is 3.03. The maximum atomic E-state index is 11.5. The zero-order valence-electron chi connectivity index (χ0n) is 10.7. The first-order valence-electron chi connectivity index (χ1n) is 5.71. The van der Waals surface area contributed by atoms with Crippen LogP contribution >= 0.6 is 11.3 Å². The van der Waals surface area contributed by atoms with Crippen molar-refractivity contribution in [1.82, 2.24) is 25.4 Å². The van der Waals surface area contributed by atoms with Crippen LogP contribution in [-0.4, -0.2) is 31.9 Å². The van der Waals surface area contributed by atoms with E-state index in [-0.39, 0.29) is 18.3 Å². The lowest BCUT2D eigenvalue weighted by Crippen LogP contribution is -2.34. The second-order valence-electron chi connectivity index (χ2n) is 3.99. The smallest absolute Gasteiger partial charge is 0.355 e. The number of nitrogens with zero attached hydrogens (tertiary/aromatic N) is 3. The maximum absolute atomic E-state index is 11.5. The first kappa shape index (κ1) is 14.0. The first-order chi connectivity index (χ1) is 9.54. The summed E-state index contributed by atoms with van der Waals surface area (Å²) in [6.07, 6.45) is 3.47. The zero-order chi connectivity index (χ0) is 14.5. The number of thiazole rings is 1. The number of carbonyl (C=O) groups is 2. The van der Waals surface area contributed by atoms with Gasteiger partial charge in [0.15, 0.2) is 5.69 Å². The van der Waals surface area contributed by atoms with E-state index in [1.165, 1.54) is 16.7 Å². The van der Waals surface area contributed by atoms with Gasteiger partial charge < -0.3 is 15.7 Å². The number of carboxylic acid groups (broad SMARTS) is 1. The molecule has 2 heterocycles. The monoisotopic (exact) mass is 295 g/mol. The van der Waals surface area contributed by atoms with Crippen LogP contribution < -0.4 is 10.6 Å². The number of amides is 2. The van der Waals surface area contributed by atoms with Gasteiger partial charge in [-0.15, -0.1) is 11.3 Å². The average molecular weight is 295 g/mol. The Morgan fingerprint density at radius 2 is 2.15 bits per heavy atom. The summed E-state index contributed by atoms with van der Waals surface area (Å²) in [4.78, 5) is 26.1. The summed E-state index contributed by atoms with van der Waals surface area (Å²) in [6, 6.07) is -0.346. The third-order valence-corrected chi connectivity index (χ3v) is 3.23. The lowest BCUT2D eigenvalue weighted by atomic mass is 10.4. The van der Waals surface area contributed by atoms with Crippen molar-refractivity contribution >= 4 is 23.3 Å². The fourth-order valence-electron chi connectivity index (χ4n) is 1.45. The van der Waals surface area contributed by atoms with Gasteiger partial charge in [-0.3, -0.25) is 4.68 Å². The van der Waals surface area contributed by atoms with Gasteiger partial charge in [0, 0.05) is 30.7 Å². The van der Waals surface area contributed by atoms with Crippen LogP contribution in [0.5, 0.6) is 0 Å². The molecule has 106 valence electrons. The summed E-state index contributed by atoms with van der Waals surface area (Å²) >= 11 is 1.19. The van der Waals surface area contributed by atoms with E-state index >= 15 is 0 Å². The minimum atomic E-state index is -1.08. The molecular weight excluding hydrogens is 282 g/mol. The molecule has 0 radical (unpaired) electrons. The van der Waals surface area contributed by atoms with Crippen molar-refractivity contribution in [1.29, 1.82) is 0 Å². The molecule has 0 saturated carbocycles. The predicted octanol–water partition coefficient (Wildman–Crippen LogP) is 0.574. The van der Waals surface area contributed by atoms with Crippen LogP contribution in [0.15, 0.2) is 17.8 Å². The molecule has 0 atom stereocenters. The van der Waals surface area contributed by atoms with E-state index in [4.69, 9.17) is 5.11 Å². The van der Waals surface area contributed by atoms with Gasteiger partial charge in [0.1, 0.15) is 5.01 Å². The van der Waals surface area contributed by atoms with E-state index in [1.807, 2.05) is 0 Å². The van der Waals surface area contributed by atoms with Crippen molar-refractivity contribution in [3.05, 3.63) is 34.0 Å². The molecule has 20 heavy (non-hydrogen) atoms. The standard InChI is InChI=1S/C11H13N5O3S/c1-16-5-7(3-14-16)2-12-11(19)13-4-9-15-8(6-20-9)10(17)18/h3,5-6H,2,4H2,1H3,(H,17,18)(H2,12,13,19). The zero-order valence-corrected chi connectivity index (χ0v) is 11.5. The molecule has 0 saturated heterocycles. The second-order valence-corrected chi connectivity index (χ2v) is 4.93. The van der Waals surface area contributed by atoms with Crippen molar-refractivity contribution in [3.63, 3.8) is 0 Å². The van der Waals surface area contributed by atoms with Crippen molar-refractivity contribution in [2.75, 3.05) is 0 Å². The van der Waals surface area contributed by atoms with Crippen molar-refractivity contribution in [2.45, 2.75) is 13.1 Å². The predicted molar refractivity (Wildman–Crippen MR) is 71.4 cm³/mol. The van der Waals surface area contributed by atoms with E-state index in [9.17, 15) is 9.59 Å². The molecule has 0 spiro atoms. The van der Waals surface area contributed by atoms with Crippen molar-refractivity contribution in [2.24, 2.45) is 7.05 Å². The fourth-order valence-corrected chi connectivity index (χ4v) is 2.16. The van der Waals surface area contributed by atoms with Gasteiger partial charge in [0.05, 0.1) is 12.7 Å². The number of aromatic nitrogens is 3. The molecule has 2 amide bonds. The van der Waals surface area contributed by atoms with Crippen LogP contribution in [0.2, 0.25) is 0 Å². The Morgan fingerprint density at radius 1 is 1.40 bits per heavy atom. The van der Waals surface area contributed by atoms with Crippen molar-refractivity contribution in [3.8, 4) is 0 Å². The highest BCUT2D eigenvalue weighted by molar-refractivity contribution is 7.09. The van der Waals surface area contributed by atoms with Crippen LogP contribution in [0.3, 0.4) is 0 Å². The first-order valence-corrected chi connectivity index (χ1v) is 6.59. The molecule has 0 bridgehead atoms. The number of nitrogens with one attached hydrogen (secondary N) is 2. The molecule has 8 nitrogen and oxygen atoms in total. The van der Waals surface area contributed by atoms with Gasteiger partial charge in [0.2, 0.25) is 0 Å². The third kappa shape index (κ3) is 3.79. The topological polar surface area (TPSA) is 109 Å². The third-order valence-electron chi connectivity index (χ3n) is 2.38. The molecule has 2 aromatic rings. The Balaban J connectivity index is 1.75. The van der Waals surface area contributed by atoms with E-state index in [0.717, 1.165) is 5.56 Å². The van der Waals surface area contributed by atoms with Gasteiger partial charge >= 0.3 is 12.0 Å². The Hall–Kier alpha value is -2.42. The van der Waals surface area contributed by atoms with E-state index in [2.05, 4.69) is 20.7 Å². The largest absolute Gasteiger partial charge is 0.476 e. The fraction of sp³-hybridized carbons (Fsp3) is 0.273. The summed E-state index contributed by atoms with van der Waals surface area (Å²) in [5.74, 6) is -1.08. The Bertz CT molecular complexity index is 621. The highest BCUT2D eigenvalue weighted by atomic mass is 32.1. The summed E-state index contributed by atoms with van der Waals surface area (Å²) < 4.78 is 1.65. The summed E-state index contributed by atoms with van der Waals surface area (Å²) in [5, 5.41) is 20.0. The minimum absolute atomic E-state index is 0.0115. The van der Waals surface area contributed by atoms with Crippen LogP contribution in [0.25, 0.3) is 0 Å². The van der Waals surface area contributed by atoms with Gasteiger partial charge in [-0.05, 0) is 0 Å². The van der Waals surface area contributed by atoms with Crippen LogP contribution in [0.4, 0.5) is 4.79 Å². The summed E-state index contributed by atoms with van der Waals surface area (Å²) in [6.45, 7) is 0.564. The van der Waals surface area contributed by atoms with Gasteiger partial charge in [0.25, 0.3) is 0 Å². The summed E-state index contributed by atoms with van der Waals surface area (Å²) in [5.41, 5.74) is 0.882. The van der Waals surface area contributed by atoms with Crippen molar-refractivity contribution < 1.29 is 14.7 Å². The molecule has 0 aliphatic rings. The molecule has 0 aliphatic carbocycles. The minimum Gasteiger partial charge on any atom is -0.476 e. The molecule has 2 rings (SSSR count). The molecule has 2 aromatic heterocycles. The number of aromatic carboxylic acids is 1. The van der Waals surface area contributed by atoms with Crippen LogP contribution in [-0.2, 0) is 20.1 Å². The van der Waals surface area contributed by atoms with Gasteiger partial charge in [-0.2, -0.15) is 5.10 Å². The Labute approximate surface area is 118 Å². The number of hydrogen-bond donors (Lipinski definition) is 3. The van der Waals surface area contributed by atoms with E-state index in [1.54, 1.807) is 24.1 Å². The lowest BCUT2D eigenvalue weighted by molar-refractivity contribution is 0.0691. The number of aryl methyl sites for hydroxylation is 1. The number of carboxylic acids is 1. The van der Waals surface area contributed by atoms with Crippen LogP contribution in [0, 0.1) is 0 Å².